The Balaban J connectivity index is 2.01. The Morgan fingerprint density at radius 3 is 2.52 bits per heavy atom. The molecule has 4 nitrogen and oxygen atoms in total. The maximum absolute atomic E-state index is 13.6. The topological polar surface area (TPSA) is 56.7 Å². The van der Waals surface area contributed by atoms with Crippen LogP contribution in [-0.2, 0) is 13.1 Å². The van der Waals surface area contributed by atoms with E-state index in [-0.39, 0.29) is 17.9 Å². The van der Waals surface area contributed by atoms with Crippen molar-refractivity contribution in [3.8, 4) is 5.75 Å². The van der Waals surface area contributed by atoms with Gasteiger partial charge in [-0.25, -0.2) is 13.8 Å². The molecule has 0 aromatic heterocycles. The zero-order chi connectivity index (χ0) is 16.7. The van der Waals surface area contributed by atoms with E-state index >= 15 is 0 Å². The average Bonchev–Trinajstić information content (AvgIpc) is 2.54. The minimum atomic E-state index is -0.478. The van der Waals surface area contributed by atoms with Crippen LogP contribution in [0.2, 0.25) is 0 Å². The Morgan fingerprint density at radius 2 is 1.83 bits per heavy atom. The first-order chi connectivity index (χ1) is 11.1. The highest BCUT2D eigenvalue weighted by molar-refractivity contribution is 5.79. The first-order valence-corrected chi connectivity index (χ1v) is 7.32. The van der Waals surface area contributed by atoms with Crippen molar-refractivity contribution in [3.63, 3.8) is 0 Å². The van der Waals surface area contributed by atoms with Gasteiger partial charge in [0.15, 0.2) is 5.96 Å². The molecule has 0 aliphatic rings. The van der Waals surface area contributed by atoms with Crippen LogP contribution in [0.5, 0.6) is 5.75 Å². The number of guanidine groups is 1. The van der Waals surface area contributed by atoms with Crippen molar-refractivity contribution in [3.05, 3.63) is 65.2 Å². The van der Waals surface area contributed by atoms with Gasteiger partial charge in [-0.1, -0.05) is 12.1 Å². The van der Waals surface area contributed by atoms with Gasteiger partial charge in [0.05, 0.1) is 6.54 Å². The quantitative estimate of drug-likeness (QED) is 0.587. The largest absolute Gasteiger partial charge is 0.508 e. The monoisotopic (exact) mass is 319 g/mol. The maximum atomic E-state index is 13.6. The van der Waals surface area contributed by atoms with E-state index in [2.05, 4.69) is 15.6 Å². The van der Waals surface area contributed by atoms with Crippen LogP contribution in [0.25, 0.3) is 0 Å². The minimum absolute atomic E-state index is 0.130. The molecular weight excluding hydrogens is 300 g/mol. The average molecular weight is 319 g/mol. The number of rotatable bonds is 5. The molecule has 2 rings (SSSR count). The Morgan fingerprint density at radius 1 is 1.09 bits per heavy atom. The fourth-order valence-electron chi connectivity index (χ4n) is 1.97. The zero-order valence-corrected chi connectivity index (χ0v) is 12.8. The summed E-state index contributed by atoms with van der Waals surface area (Å²) in [5, 5.41) is 15.3. The van der Waals surface area contributed by atoms with Gasteiger partial charge in [0.2, 0.25) is 0 Å². The fraction of sp³-hybridized carbons (Fsp3) is 0.235. The Bertz CT molecular complexity index is 672. The lowest BCUT2D eigenvalue weighted by molar-refractivity contribution is 0.475. The maximum Gasteiger partial charge on any atom is 0.191 e. The molecule has 0 spiro atoms. The number of aliphatic imine (C=N–C) groups is 1. The number of benzene rings is 2. The molecule has 0 unspecified atom stereocenters. The van der Waals surface area contributed by atoms with Crippen molar-refractivity contribution in [2.75, 3.05) is 6.54 Å². The van der Waals surface area contributed by atoms with E-state index in [0.29, 0.717) is 19.0 Å². The van der Waals surface area contributed by atoms with Gasteiger partial charge < -0.3 is 15.7 Å². The van der Waals surface area contributed by atoms with Crippen molar-refractivity contribution in [1.82, 2.24) is 10.6 Å². The summed E-state index contributed by atoms with van der Waals surface area (Å²) < 4.78 is 26.8. The van der Waals surface area contributed by atoms with E-state index < -0.39 is 11.6 Å². The van der Waals surface area contributed by atoms with Crippen LogP contribution >= 0.6 is 0 Å². The summed E-state index contributed by atoms with van der Waals surface area (Å²) >= 11 is 0. The second-order valence-electron chi connectivity index (χ2n) is 4.95. The highest BCUT2D eigenvalue weighted by Gasteiger charge is 2.05. The number of halogens is 2. The number of nitrogens with one attached hydrogen (secondary N) is 2. The van der Waals surface area contributed by atoms with E-state index in [4.69, 9.17) is 0 Å². The van der Waals surface area contributed by atoms with E-state index in [9.17, 15) is 13.9 Å². The van der Waals surface area contributed by atoms with Crippen LogP contribution < -0.4 is 10.6 Å². The first kappa shape index (κ1) is 16.7. The molecule has 0 bridgehead atoms. The van der Waals surface area contributed by atoms with Crippen molar-refractivity contribution in [2.24, 2.45) is 4.99 Å². The van der Waals surface area contributed by atoms with Crippen molar-refractivity contribution < 1.29 is 13.9 Å². The molecule has 0 heterocycles. The normalized spacial score (nSPS) is 11.3. The highest BCUT2D eigenvalue weighted by atomic mass is 19.1. The second kappa shape index (κ2) is 8.12. The zero-order valence-electron chi connectivity index (χ0n) is 12.8. The molecule has 0 amide bonds. The predicted octanol–water partition coefficient (Wildman–Crippen LogP) is 2.93. The van der Waals surface area contributed by atoms with Gasteiger partial charge >= 0.3 is 0 Å². The van der Waals surface area contributed by atoms with Gasteiger partial charge in [-0.15, -0.1) is 0 Å². The lowest BCUT2D eigenvalue weighted by Crippen LogP contribution is -2.37. The van der Waals surface area contributed by atoms with E-state index in [1.54, 1.807) is 24.3 Å². The van der Waals surface area contributed by atoms with Crippen LogP contribution in [0.3, 0.4) is 0 Å². The fourth-order valence-corrected chi connectivity index (χ4v) is 1.97. The summed E-state index contributed by atoms with van der Waals surface area (Å²) in [6.45, 7) is 3.10. The van der Waals surface area contributed by atoms with Gasteiger partial charge in [-0.2, -0.15) is 0 Å². The molecule has 0 aliphatic carbocycles. The molecule has 0 atom stereocenters. The first-order valence-electron chi connectivity index (χ1n) is 7.32. The number of nitrogens with zero attached hydrogens (tertiary/aromatic N) is 1. The smallest absolute Gasteiger partial charge is 0.191 e. The second-order valence-corrected chi connectivity index (χ2v) is 4.95. The van der Waals surface area contributed by atoms with Gasteiger partial charge in [-0.3, -0.25) is 0 Å². The van der Waals surface area contributed by atoms with Crippen molar-refractivity contribution >= 4 is 5.96 Å². The van der Waals surface area contributed by atoms with Crippen LogP contribution in [0, 0.1) is 11.6 Å². The SMILES string of the molecule is CCNC(=NCc1ccc(O)cc1)NCc1cc(F)ccc1F. The molecular formula is C17H19F2N3O. The molecule has 2 aromatic carbocycles. The van der Waals surface area contributed by atoms with Crippen molar-refractivity contribution in [1.29, 1.82) is 0 Å². The number of phenolic OH excluding ortho intramolecular Hbond substituents is 1. The molecule has 0 fully saturated rings. The summed E-state index contributed by atoms with van der Waals surface area (Å²) in [7, 11) is 0. The lowest BCUT2D eigenvalue weighted by atomic mass is 10.2. The molecule has 2 aromatic rings. The van der Waals surface area contributed by atoms with E-state index in [0.717, 1.165) is 23.8 Å². The van der Waals surface area contributed by atoms with Gasteiger partial charge in [-0.05, 0) is 42.8 Å². The van der Waals surface area contributed by atoms with Gasteiger partial charge in [0, 0.05) is 18.7 Å². The van der Waals surface area contributed by atoms with E-state index in [1.165, 1.54) is 0 Å². The summed E-state index contributed by atoms with van der Waals surface area (Å²) in [6.07, 6.45) is 0. The third-order valence-corrected chi connectivity index (χ3v) is 3.15. The molecule has 0 saturated carbocycles. The standard InChI is InChI=1S/C17H19F2N3O/c1-2-20-17(21-10-12-3-6-15(23)7-4-12)22-11-13-9-14(18)5-8-16(13)19/h3-9,23H,2,10-11H2,1H3,(H2,20,21,22). The van der Waals surface area contributed by atoms with Gasteiger partial charge in [0.1, 0.15) is 17.4 Å². The van der Waals surface area contributed by atoms with Gasteiger partial charge in [0.25, 0.3) is 0 Å². The molecule has 0 aliphatic heterocycles. The molecule has 6 heteroatoms. The number of hydrogen-bond donors (Lipinski definition) is 3. The van der Waals surface area contributed by atoms with E-state index in [1.807, 2.05) is 6.92 Å². The summed E-state index contributed by atoms with van der Waals surface area (Å²) in [4.78, 5) is 4.38. The molecule has 122 valence electrons. The summed E-state index contributed by atoms with van der Waals surface area (Å²) in [5.74, 6) is -0.240. The summed E-state index contributed by atoms with van der Waals surface area (Å²) in [6, 6.07) is 10.1. The number of phenols is 1. The van der Waals surface area contributed by atoms with Crippen molar-refractivity contribution in [2.45, 2.75) is 20.0 Å². The molecule has 3 N–H and O–H groups in total. The molecule has 0 radical (unpaired) electrons. The Labute approximate surface area is 133 Å². The van der Waals surface area contributed by atoms with Crippen LogP contribution in [0.4, 0.5) is 8.78 Å². The van der Waals surface area contributed by atoms with Crippen LogP contribution in [-0.4, -0.2) is 17.6 Å². The summed E-state index contributed by atoms with van der Waals surface area (Å²) in [5.41, 5.74) is 1.16. The third kappa shape index (κ3) is 5.25. The number of aromatic hydroxyl groups is 1. The minimum Gasteiger partial charge on any atom is -0.508 e. The molecule has 23 heavy (non-hydrogen) atoms. The predicted molar refractivity (Wildman–Crippen MR) is 86.1 cm³/mol. The Hall–Kier alpha value is -2.63. The molecule has 0 saturated heterocycles. The van der Waals surface area contributed by atoms with Crippen LogP contribution in [0.1, 0.15) is 18.1 Å². The van der Waals surface area contributed by atoms with Crippen LogP contribution in [0.15, 0.2) is 47.5 Å². The lowest BCUT2D eigenvalue weighted by Gasteiger charge is -2.12. The number of hydrogen-bond acceptors (Lipinski definition) is 2. The third-order valence-electron chi connectivity index (χ3n) is 3.15. The Kier molecular flexibility index (Phi) is 5.91. The highest BCUT2D eigenvalue weighted by Crippen LogP contribution is 2.11.